The molecule has 6 nitrogen and oxygen atoms in total. The molecule has 4 N–H and O–H groups in total. The zero-order valence-corrected chi connectivity index (χ0v) is 16.1. The van der Waals surface area contributed by atoms with Crippen LogP contribution in [0.4, 0.5) is 0 Å². The lowest BCUT2D eigenvalue weighted by Crippen LogP contribution is -2.61. The van der Waals surface area contributed by atoms with Crippen LogP contribution < -0.4 is 16.4 Å². The smallest absolute Gasteiger partial charge is 0.243 e. The number of hydrogen-bond donors (Lipinski definition) is 3. The number of hydrogen-bond acceptors (Lipinski definition) is 3. The van der Waals surface area contributed by atoms with Gasteiger partial charge >= 0.3 is 0 Å². The zero-order valence-electron chi connectivity index (χ0n) is 15.3. The van der Waals surface area contributed by atoms with Crippen LogP contribution in [0.25, 0.3) is 0 Å². The molecule has 0 aromatic heterocycles. The Morgan fingerprint density at radius 2 is 2.20 bits per heavy atom. The molecule has 0 aromatic rings. The first-order valence-corrected chi connectivity index (χ1v) is 8.91. The Labute approximate surface area is 156 Å². The minimum atomic E-state index is -1.15. The molecular weight excluding hydrogens is 342 g/mol. The summed E-state index contributed by atoms with van der Waals surface area (Å²) in [6.07, 6.45) is 10.1. The molecule has 3 atom stereocenters. The molecule has 7 heteroatoms. The van der Waals surface area contributed by atoms with Gasteiger partial charge in [-0.05, 0) is 44.9 Å². The van der Waals surface area contributed by atoms with Gasteiger partial charge in [0.15, 0.2) is 0 Å². The standard InChI is InChI=1S/C18H31N3O3.ClH/c1-3-5-6-7-8-9-15(4-2)18(17(19)24,21-13-22)12-14-10-11-20-16(14)23;/h3,5,13-15H,4,6-12H2,1-2H3,(H2,19,24)(H,20,23)(H,21,22);1H/t14-,15?,18?;/m0./s1. The normalized spacial score (nSPS) is 20.4. The Hall–Kier alpha value is -1.56. The third-order valence-corrected chi connectivity index (χ3v) is 5.09. The summed E-state index contributed by atoms with van der Waals surface area (Å²) in [7, 11) is 0. The number of halogens is 1. The number of carbonyl (C=O) groups excluding carboxylic acids is 3. The second-order valence-electron chi connectivity index (χ2n) is 6.54. The lowest BCUT2D eigenvalue weighted by Gasteiger charge is -2.39. The van der Waals surface area contributed by atoms with Crippen LogP contribution in [0.3, 0.4) is 0 Å². The van der Waals surface area contributed by atoms with Crippen molar-refractivity contribution in [2.75, 3.05) is 6.54 Å². The van der Waals surface area contributed by atoms with Crippen LogP contribution in [0.1, 0.15) is 58.8 Å². The van der Waals surface area contributed by atoms with Crippen LogP contribution in [0.2, 0.25) is 0 Å². The highest BCUT2D eigenvalue weighted by atomic mass is 35.5. The van der Waals surface area contributed by atoms with Gasteiger partial charge in [0.25, 0.3) is 0 Å². The molecule has 0 aromatic carbocycles. The second kappa shape index (κ2) is 11.9. The van der Waals surface area contributed by atoms with E-state index < -0.39 is 11.4 Å². The molecule has 3 amide bonds. The van der Waals surface area contributed by atoms with E-state index in [-0.39, 0.29) is 36.6 Å². The van der Waals surface area contributed by atoms with Gasteiger partial charge in [0.1, 0.15) is 5.54 Å². The molecule has 0 aliphatic carbocycles. The molecule has 144 valence electrons. The number of unbranched alkanes of at least 4 members (excludes halogenated alkanes) is 2. The van der Waals surface area contributed by atoms with Gasteiger partial charge < -0.3 is 16.4 Å². The molecule has 0 spiro atoms. The van der Waals surface area contributed by atoms with Crippen LogP contribution in [0, 0.1) is 11.8 Å². The molecule has 1 heterocycles. The van der Waals surface area contributed by atoms with Gasteiger partial charge in [-0.15, -0.1) is 12.4 Å². The molecule has 0 bridgehead atoms. The van der Waals surface area contributed by atoms with E-state index in [4.69, 9.17) is 5.73 Å². The van der Waals surface area contributed by atoms with E-state index in [1.54, 1.807) is 0 Å². The lowest BCUT2D eigenvalue weighted by molar-refractivity contribution is -0.133. The SMILES string of the molecule is CC=CCCCCC(CC)C(C[C@@H]1CCNC1=O)(NC=O)C(N)=O.Cl. The highest BCUT2D eigenvalue weighted by Crippen LogP contribution is 2.34. The fourth-order valence-corrected chi connectivity index (χ4v) is 3.67. The summed E-state index contributed by atoms with van der Waals surface area (Å²) in [4.78, 5) is 35.4. The monoisotopic (exact) mass is 373 g/mol. The summed E-state index contributed by atoms with van der Waals surface area (Å²) >= 11 is 0. The second-order valence-corrected chi connectivity index (χ2v) is 6.54. The van der Waals surface area contributed by atoms with Crippen molar-refractivity contribution in [3.63, 3.8) is 0 Å². The zero-order chi connectivity index (χ0) is 18.0. The predicted molar refractivity (Wildman–Crippen MR) is 101 cm³/mol. The van der Waals surface area contributed by atoms with E-state index in [0.29, 0.717) is 19.4 Å². The first kappa shape index (κ1) is 23.4. The first-order valence-electron chi connectivity index (χ1n) is 8.91. The number of nitrogens with one attached hydrogen (secondary N) is 2. The summed E-state index contributed by atoms with van der Waals surface area (Å²) in [6.45, 7) is 4.60. The van der Waals surface area contributed by atoms with Gasteiger partial charge in [-0.3, -0.25) is 14.4 Å². The summed E-state index contributed by atoms with van der Waals surface area (Å²) in [5.41, 5.74) is 4.56. The van der Waals surface area contributed by atoms with Crippen molar-refractivity contribution in [3.05, 3.63) is 12.2 Å². The van der Waals surface area contributed by atoms with Gasteiger partial charge in [-0.25, -0.2) is 0 Å². The van der Waals surface area contributed by atoms with Gasteiger partial charge in [-0.2, -0.15) is 0 Å². The molecule has 0 radical (unpaired) electrons. The van der Waals surface area contributed by atoms with Crippen molar-refractivity contribution in [2.45, 2.75) is 64.3 Å². The van der Waals surface area contributed by atoms with E-state index >= 15 is 0 Å². The van der Waals surface area contributed by atoms with Crippen molar-refractivity contribution in [2.24, 2.45) is 17.6 Å². The van der Waals surface area contributed by atoms with Crippen molar-refractivity contribution in [1.82, 2.24) is 10.6 Å². The topological polar surface area (TPSA) is 101 Å². The quantitative estimate of drug-likeness (QED) is 0.277. The van der Waals surface area contributed by atoms with Crippen molar-refractivity contribution < 1.29 is 14.4 Å². The number of carbonyl (C=O) groups is 3. The van der Waals surface area contributed by atoms with Crippen LogP contribution in [-0.4, -0.2) is 30.3 Å². The van der Waals surface area contributed by atoms with Gasteiger partial charge in [0.2, 0.25) is 18.2 Å². The van der Waals surface area contributed by atoms with Gasteiger partial charge in [0, 0.05) is 12.5 Å². The highest BCUT2D eigenvalue weighted by molar-refractivity contribution is 5.89. The van der Waals surface area contributed by atoms with Crippen molar-refractivity contribution in [1.29, 1.82) is 0 Å². The molecule has 1 saturated heterocycles. The number of amides is 3. The Balaban J connectivity index is 0.00000576. The fraction of sp³-hybridized carbons (Fsp3) is 0.722. The van der Waals surface area contributed by atoms with E-state index in [1.807, 2.05) is 19.9 Å². The summed E-state index contributed by atoms with van der Waals surface area (Å²) in [5.74, 6) is -0.952. The third-order valence-electron chi connectivity index (χ3n) is 5.09. The summed E-state index contributed by atoms with van der Waals surface area (Å²) in [5, 5.41) is 5.48. The van der Waals surface area contributed by atoms with E-state index in [1.165, 1.54) is 0 Å². The van der Waals surface area contributed by atoms with Crippen molar-refractivity contribution in [3.8, 4) is 0 Å². The number of nitrogens with two attached hydrogens (primary N) is 1. The number of primary amides is 1. The number of allylic oxidation sites excluding steroid dienone is 2. The summed E-state index contributed by atoms with van der Waals surface area (Å²) < 4.78 is 0. The van der Waals surface area contributed by atoms with Crippen molar-refractivity contribution >= 4 is 30.6 Å². The maximum absolute atomic E-state index is 12.3. The highest BCUT2D eigenvalue weighted by Gasteiger charge is 2.46. The molecule has 25 heavy (non-hydrogen) atoms. The largest absolute Gasteiger partial charge is 0.368 e. The van der Waals surface area contributed by atoms with Crippen LogP contribution in [0.15, 0.2) is 12.2 Å². The average molecular weight is 374 g/mol. The Kier molecular flexibility index (Phi) is 11.2. The molecule has 1 rings (SSSR count). The van der Waals surface area contributed by atoms with Gasteiger partial charge in [-0.1, -0.05) is 31.9 Å². The molecule has 1 fully saturated rings. The Morgan fingerprint density at radius 3 is 2.68 bits per heavy atom. The maximum Gasteiger partial charge on any atom is 0.243 e. The molecular formula is C18H32ClN3O3. The van der Waals surface area contributed by atoms with Gasteiger partial charge in [0.05, 0.1) is 0 Å². The maximum atomic E-state index is 12.3. The summed E-state index contributed by atoms with van der Waals surface area (Å²) in [6, 6.07) is 0. The number of rotatable bonds is 12. The van der Waals surface area contributed by atoms with E-state index in [0.717, 1.165) is 32.1 Å². The average Bonchev–Trinajstić information content (AvgIpc) is 2.95. The predicted octanol–water partition coefficient (Wildman–Crippen LogP) is 2.07. The first-order chi connectivity index (χ1) is 11.5. The molecule has 0 saturated carbocycles. The molecule has 1 aliphatic heterocycles. The fourth-order valence-electron chi connectivity index (χ4n) is 3.67. The Morgan fingerprint density at radius 1 is 1.48 bits per heavy atom. The lowest BCUT2D eigenvalue weighted by atomic mass is 9.72. The van der Waals surface area contributed by atoms with Crippen LogP contribution >= 0.6 is 12.4 Å². The van der Waals surface area contributed by atoms with Crippen LogP contribution in [0.5, 0.6) is 0 Å². The minimum absolute atomic E-state index is 0. The van der Waals surface area contributed by atoms with Crippen LogP contribution in [-0.2, 0) is 14.4 Å². The van der Waals surface area contributed by atoms with E-state index in [2.05, 4.69) is 16.7 Å². The van der Waals surface area contributed by atoms with E-state index in [9.17, 15) is 14.4 Å². The molecule has 2 unspecified atom stereocenters. The molecule has 1 aliphatic rings. The minimum Gasteiger partial charge on any atom is -0.368 e. The Bertz CT molecular complexity index is 470. The third kappa shape index (κ3) is 6.34.